The van der Waals surface area contributed by atoms with Crippen molar-refractivity contribution in [3.05, 3.63) is 23.3 Å². The monoisotopic (exact) mass is 240 g/mol. The number of methoxy groups -OCH3 is 2. The molecule has 0 radical (unpaired) electrons. The molecule has 94 valence electrons. The van der Waals surface area contributed by atoms with Crippen LogP contribution in [0.25, 0.3) is 0 Å². The minimum absolute atomic E-state index is 0.00887. The summed E-state index contributed by atoms with van der Waals surface area (Å²) in [6, 6.07) is 2.64. The van der Waals surface area contributed by atoms with Crippen LogP contribution in [0, 0.1) is 0 Å². The highest BCUT2D eigenvalue weighted by atomic mass is 16.5. The maximum atomic E-state index is 11.4. The molecule has 5 heteroatoms. The van der Waals surface area contributed by atoms with Crippen molar-refractivity contribution < 1.29 is 24.5 Å². The molecule has 0 heterocycles. The molecular weight excluding hydrogens is 224 g/mol. The van der Waals surface area contributed by atoms with Crippen LogP contribution >= 0.6 is 0 Å². The number of rotatable bonds is 3. The van der Waals surface area contributed by atoms with Gasteiger partial charge in [-0.05, 0) is 19.9 Å². The van der Waals surface area contributed by atoms with E-state index < -0.39 is 11.6 Å². The fourth-order valence-corrected chi connectivity index (χ4v) is 1.49. The Kier molecular flexibility index (Phi) is 3.63. The molecule has 0 spiro atoms. The standard InChI is InChI=1S/C12H16O5/c1-12(2,15)8-5-7(11(14)17-4)9(13)6-10(8)16-3/h5-6,13,15H,1-4H3. The predicted octanol–water partition coefficient (Wildman–Crippen LogP) is 1.41. The number of esters is 1. The first-order chi connectivity index (χ1) is 7.81. The van der Waals surface area contributed by atoms with Gasteiger partial charge in [0.05, 0.1) is 19.8 Å². The quantitative estimate of drug-likeness (QED) is 0.781. The zero-order chi connectivity index (χ0) is 13.2. The first-order valence-electron chi connectivity index (χ1n) is 5.03. The molecule has 1 aromatic rings. The van der Waals surface area contributed by atoms with Gasteiger partial charge in [-0.2, -0.15) is 0 Å². The minimum Gasteiger partial charge on any atom is -0.507 e. The van der Waals surface area contributed by atoms with Crippen molar-refractivity contribution in [2.45, 2.75) is 19.4 Å². The lowest BCUT2D eigenvalue weighted by molar-refractivity contribution is 0.0594. The van der Waals surface area contributed by atoms with Gasteiger partial charge >= 0.3 is 5.97 Å². The van der Waals surface area contributed by atoms with Gasteiger partial charge < -0.3 is 19.7 Å². The highest BCUT2D eigenvalue weighted by molar-refractivity contribution is 5.93. The third-order valence-electron chi connectivity index (χ3n) is 2.38. The van der Waals surface area contributed by atoms with Crippen molar-refractivity contribution >= 4 is 5.97 Å². The van der Waals surface area contributed by atoms with E-state index in [1.807, 2.05) is 0 Å². The van der Waals surface area contributed by atoms with Crippen LogP contribution in [0.15, 0.2) is 12.1 Å². The summed E-state index contributed by atoms with van der Waals surface area (Å²) in [5, 5.41) is 19.6. The van der Waals surface area contributed by atoms with E-state index in [1.165, 1.54) is 26.4 Å². The maximum Gasteiger partial charge on any atom is 0.341 e. The summed E-state index contributed by atoms with van der Waals surface area (Å²) in [4.78, 5) is 11.4. The Morgan fingerprint density at radius 3 is 2.29 bits per heavy atom. The summed E-state index contributed by atoms with van der Waals surface area (Å²) >= 11 is 0. The van der Waals surface area contributed by atoms with Crippen LogP contribution < -0.4 is 4.74 Å². The number of carbonyl (C=O) groups is 1. The third-order valence-corrected chi connectivity index (χ3v) is 2.38. The van der Waals surface area contributed by atoms with E-state index in [0.29, 0.717) is 11.3 Å². The number of aromatic hydroxyl groups is 1. The fraction of sp³-hybridized carbons (Fsp3) is 0.417. The van der Waals surface area contributed by atoms with Gasteiger partial charge in [0.2, 0.25) is 0 Å². The lowest BCUT2D eigenvalue weighted by atomic mass is 9.95. The van der Waals surface area contributed by atoms with E-state index in [9.17, 15) is 15.0 Å². The summed E-state index contributed by atoms with van der Waals surface area (Å²) < 4.78 is 9.59. The molecule has 0 saturated carbocycles. The Hall–Kier alpha value is -1.75. The molecule has 0 amide bonds. The molecule has 5 nitrogen and oxygen atoms in total. The molecule has 1 aromatic carbocycles. The second-order valence-electron chi connectivity index (χ2n) is 4.12. The number of benzene rings is 1. The molecule has 0 atom stereocenters. The molecule has 0 unspecified atom stereocenters. The Morgan fingerprint density at radius 2 is 1.88 bits per heavy atom. The topological polar surface area (TPSA) is 76.0 Å². The van der Waals surface area contributed by atoms with E-state index in [-0.39, 0.29) is 11.3 Å². The number of hydrogen-bond acceptors (Lipinski definition) is 5. The van der Waals surface area contributed by atoms with Gasteiger partial charge in [-0.15, -0.1) is 0 Å². The van der Waals surface area contributed by atoms with Gasteiger partial charge in [0.1, 0.15) is 17.1 Å². The van der Waals surface area contributed by atoms with Crippen LogP contribution in [0.1, 0.15) is 29.8 Å². The zero-order valence-electron chi connectivity index (χ0n) is 10.3. The normalized spacial score (nSPS) is 11.1. The maximum absolute atomic E-state index is 11.4. The lowest BCUT2D eigenvalue weighted by Crippen LogP contribution is -2.18. The molecule has 0 aliphatic carbocycles. The summed E-state index contributed by atoms with van der Waals surface area (Å²) in [6.45, 7) is 3.12. The van der Waals surface area contributed by atoms with Gasteiger partial charge in [-0.25, -0.2) is 4.79 Å². The van der Waals surface area contributed by atoms with E-state index in [1.54, 1.807) is 13.8 Å². The first kappa shape index (κ1) is 13.3. The number of phenols is 1. The molecule has 0 fully saturated rings. The molecule has 0 bridgehead atoms. The second kappa shape index (κ2) is 4.63. The van der Waals surface area contributed by atoms with Crippen molar-refractivity contribution in [3.8, 4) is 11.5 Å². The highest BCUT2D eigenvalue weighted by Gasteiger charge is 2.25. The van der Waals surface area contributed by atoms with Gasteiger partial charge in [0.25, 0.3) is 0 Å². The van der Waals surface area contributed by atoms with Gasteiger partial charge in [-0.1, -0.05) is 0 Å². The molecule has 2 N–H and O–H groups in total. The van der Waals surface area contributed by atoms with Crippen LogP contribution in [0.5, 0.6) is 11.5 Å². The zero-order valence-corrected chi connectivity index (χ0v) is 10.3. The predicted molar refractivity (Wildman–Crippen MR) is 61.2 cm³/mol. The van der Waals surface area contributed by atoms with E-state index in [2.05, 4.69) is 4.74 Å². The van der Waals surface area contributed by atoms with E-state index >= 15 is 0 Å². The lowest BCUT2D eigenvalue weighted by Gasteiger charge is -2.21. The van der Waals surface area contributed by atoms with Crippen LogP contribution in [-0.2, 0) is 10.3 Å². The smallest absolute Gasteiger partial charge is 0.341 e. The molecule has 0 aliphatic heterocycles. The van der Waals surface area contributed by atoms with E-state index in [4.69, 9.17) is 4.74 Å². The Bertz CT molecular complexity index is 431. The van der Waals surface area contributed by atoms with Crippen LogP contribution in [0.3, 0.4) is 0 Å². The van der Waals surface area contributed by atoms with Gasteiger partial charge in [0, 0.05) is 11.6 Å². The molecular formula is C12H16O5. The number of hydrogen-bond donors (Lipinski definition) is 2. The van der Waals surface area contributed by atoms with Crippen molar-refractivity contribution in [2.75, 3.05) is 14.2 Å². The minimum atomic E-state index is -1.19. The summed E-state index contributed by atoms with van der Waals surface area (Å²) in [5.74, 6) is -0.611. The van der Waals surface area contributed by atoms with Crippen molar-refractivity contribution in [2.24, 2.45) is 0 Å². The summed E-state index contributed by atoms with van der Waals surface area (Å²) in [6.07, 6.45) is 0. The number of phenolic OH excluding ortho intramolecular Hbond substituents is 1. The number of ether oxygens (including phenoxy) is 2. The molecule has 0 aromatic heterocycles. The molecule has 0 aliphatic rings. The van der Waals surface area contributed by atoms with Crippen LogP contribution in [0.4, 0.5) is 0 Å². The average molecular weight is 240 g/mol. The fourth-order valence-electron chi connectivity index (χ4n) is 1.49. The first-order valence-corrected chi connectivity index (χ1v) is 5.03. The Balaban J connectivity index is 3.43. The van der Waals surface area contributed by atoms with Crippen LogP contribution in [-0.4, -0.2) is 30.4 Å². The molecule has 17 heavy (non-hydrogen) atoms. The third kappa shape index (κ3) is 2.68. The molecule has 0 saturated heterocycles. The highest BCUT2D eigenvalue weighted by Crippen LogP contribution is 2.35. The summed E-state index contributed by atoms with van der Waals surface area (Å²) in [5.41, 5.74) is -0.800. The second-order valence-corrected chi connectivity index (χ2v) is 4.12. The SMILES string of the molecule is COC(=O)c1cc(C(C)(C)O)c(OC)cc1O. The number of carbonyl (C=O) groups excluding carboxylic acids is 1. The Morgan fingerprint density at radius 1 is 1.29 bits per heavy atom. The van der Waals surface area contributed by atoms with Gasteiger partial charge in [-0.3, -0.25) is 0 Å². The van der Waals surface area contributed by atoms with Crippen molar-refractivity contribution in [1.29, 1.82) is 0 Å². The largest absolute Gasteiger partial charge is 0.507 e. The van der Waals surface area contributed by atoms with E-state index in [0.717, 1.165) is 0 Å². The Labute approximate surface area is 99.6 Å². The summed E-state index contributed by atoms with van der Waals surface area (Å²) in [7, 11) is 2.64. The average Bonchev–Trinajstić information content (AvgIpc) is 2.25. The van der Waals surface area contributed by atoms with Crippen molar-refractivity contribution in [1.82, 2.24) is 0 Å². The van der Waals surface area contributed by atoms with Gasteiger partial charge in [0.15, 0.2) is 0 Å². The van der Waals surface area contributed by atoms with Crippen molar-refractivity contribution in [3.63, 3.8) is 0 Å². The van der Waals surface area contributed by atoms with Crippen LogP contribution in [0.2, 0.25) is 0 Å². The number of aliphatic hydroxyl groups is 1. The molecule has 1 rings (SSSR count).